The highest BCUT2D eigenvalue weighted by atomic mass is 35.5. The number of hydrogen-bond donors (Lipinski definition) is 2. The zero-order chi connectivity index (χ0) is 16.5. The maximum Gasteiger partial charge on any atom is 0.271 e. The molecule has 1 amide bonds. The molecule has 0 fully saturated rings. The lowest BCUT2D eigenvalue weighted by Gasteiger charge is -2.21. The fourth-order valence-corrected chi connectivity index (χ4v) is 3.23. The molecule has 2 heterocycles. The lowest BCUT2D eigenvalue weighted by Crippen LogP contribution is -2.38. The van der Waals surface area contributed by atoms with E-state index in [2.05, 4.69) is 10.3 Å². The van der Waals surface area contributed by atoms with Crippen LogP contribution in [0, 0.1) is 0 Å². The number of benzene rings is 2. The van der Waals surface area contributed by atoms with E-state index in [1.54, 1.807) is 0 Å². The first-order chi connectivity index (χ1) is 11.7. The Balaban J connectivity index is 0.00000182. The van der Waals surface area contributed by atoms with Crippen LogP contribution in [0.3, 0.4) is 0 Å². The maximum atomic E-state index is 12.8. The molecule has 0 saturated heterocycles. The molecule has 2 aliphatic heterocycles. The van der Waals surface area contributed by atoms with E-state index in [1.807, 2.05) is 65.6 Å². The lowest BCUT2D eigenvalue weighted by atomic mass is 9.97. The van der Waals surface area contributed by atoms with Crippen LogP contribution in [0.4, 0.5) is 0 Å². The number of nitrogens with zero attached hydrogens (tertiary/aromatic N) is 2. The van der Waals surface area contributed by atoms with Crippen LogP contribution in [0.5, 0.6) is 0 Å². The van der Waals surface area contributed by atoms with E-state index in [9.17, 15) is 4.79 Å². The minimum atomic E-state index is -0.202. The molecule has 6 heteroatoms. The molecule has 2 aromatic carbocycles. The van der Waals surface area contributed by atoms with E-state index in [0.29, 0.717) is 18.8 Å². The highest BCUT2D eigenvalue weighted by Gasteiger charge is 2.37. The number of nitrogens with two attached hydrogens (primary N) is 1. The second kappa shape index (κ2) is 6.99. The van der Waals surface area contributed by atoms with Crippen molar-refractivity contribution in [2.45, 2.75) is 12.6 Å². The van der Waals surface area contributed by atoms with Gasteiger partial charge in [0.2, 0.25) is 0 Å². The molecule has 1 unspecified atom stereocenters. The molecule has 128 valence electrons. The monoisotopic (exact) mass is 354 g/mol. The highest BCUT2D eigenvalue weighted by Crippen LogP contribution is 2.35. The largest absolute Gasteiger partial charge is 0.370 e. The first-order valence-corrected chi connectivity index (χ1v) is 7.94. The first-order valence-electron chi connectivity index (χ1n) is 7.94. The van der Waals surface area contributed by atoms with Crippen molar-refractivity contribution >= 4 is 24.3 Å². The number of amides is 1. The van der Waals surface area contributed by atoms with Crippen molar-refractivity contribution in [2.24, 2.45) is 10.7 Å². The number of carbonyl (C=O) groups is 1. The van der Waals surface area contributed by atoms with E-state index in [1.165, 1.54) is 0 Å². The second-order valence-electron chi connectivity index (χ2n) is 6.00. The Hall–Kier alpha value is -2.79. The van der Waals surface area contributed by atoms with Crippen molar-refractivity contribution in [1.82, 2.24) is 10.2 Å². The topological polar surface area (TPSA) is 70.7 Å². The molecule has 2 aromatic rings. The van der Waals surface area contributed by atoms with Gasteiger partial charge in [-0.3, -0.25) is 4.79 Å². The van der Waals surface area contributed by atoms with Gasteiger partial charge in [0, 0.05) is 18.7 Å². The van der Waals surface area contributed by atoms with E-state index in [0.717, 1.165) is 16.7 Å². The fourth-order valence-electron chi connectivity index (χ4n) is 3.23. The van der Waals surface area contributed by atoms with Gasteiger partial charge in [0.15, 0.2) is 5.96 Å². The molecule has 4 rings (SSSR count). The van der Waals surface area contributed by atoms with Gasteiger partial charge in [-0.1, -0.05) is 60.7 Å². The van der Waals surface area contributed by atoms with Crippen molar-refractivity contribution in [3.8, 4) is 0 Å². The molecule has 0 bridgehead atoms. The van der Waals surface area contributed by atoms with Gasteiger partial charge >= 0.3 is 0 Å². The van der Waals surface area contributed by atoms with Gasteiger partial charge in [-0.2, -0.15) is 0 Å². The van der Waals surface area contributed by atoms with Crippen molar-refractivity contribution in [3.05, 3.63) is 83.1 Å². The van der Waals surface area contributed by atoms with Gasteiger partial charge in [-0.05, 0) is 11.1 Å². The Morgan fingerprint density at radius 2 is 1.72 bits per heavy atom. The number of nitrogens with one attached hydrogen (secondary N) is 1. The molecule has 0 radical (unpaired) electrons. The Labute approximate surface area is 152 Å². The van der Waals surface area contributed by atoms with Crippen molar-refractivity contribution in [2.75, 3.05) is 6.54 Å². The predicted octanol–water partition coefficient (Wildman–Crippen LogP) is 2.36. The first kappa shape index (κ1) is 17.0. The summed E-state index contributed by atoms with van der Waals surface area (Å²) >= 11 is 0. The normalized spacial score (nSPS) is 19.0. The smallest absolute Gasteiger partial charge is 0.271 e. The van der Waals surface area contributed by atoms with E-state index in [-0.39, 0.29) is 30.3 Å². The van der Waals surface area contributed by atoms with E-state index < -0.39 is 0 Å². The molecule has 0 spiro atoms. The molecular weight excluding hydrogens is 336 g/mol. The van der Waals surface area contributed by atoms with Gasteiger partial charge in [-0.25, -0.2) is 4.99 Å². The molecule has 25 heavy (non-hydrogen) atoms. The average Bonchev–Trinajstić information content (AvgIpc) is 2.92. The van der Waals surface area contributed by atoms with Crippen molar-refractivity contribution in [3.63, 3.8) is 0 Å². The van der Waals surface area contributed by atoms with Crippen LogP contribution >= 0.6 is 12.4 Å². The van der Waals surface area contributed by atoms with Gasteiger partial charge in [0.1, 0.15) is 11.7 Å². The summed E-state index contributed by atoms with van der Waals surface area (Å²) in [6, 6.07) is 19.7. The Morgan fingerprint density at radius 1 is 1.08 bits per heavy atom. The highest BCUT2D eigenvalue weighted by molar-refractivity contribution is 6.02. The van der Waals surface area contributed by atoms with Crippen LogP contribution in [-0.2, 0) is 11.3 Å². The summed E-state index contributed by atoms with van der Waals surface area (Å²) in [5.74, 6) is 0.269. The van der Waals surface area contributed by atoms with Crippen molar-refractivity contribution < 1.29 is 4.79 Å². The van der Waals surface area contributed by atoms with Crippen molar-refractivity contribution in [1.29, 1.82) is 0 Å². The van der Waals surface area contributed by atoms with Gasteiger partial charge in [0.25, 0.3) is 5.91 Å². The van der Waals surface area contributed by atoms with E-state index in [4.69, 9.17) is 5.73 Å². The zero-order valence-electron chi connectivity index (χ0n) is 13.6. The minimum Gasteiger partial charge on any atom is -0.370 e. The zero-order valence-corrected chi connectivity index (χ0v) is 14.4. The number of guanidine groups is 1. The van der Waals surface area contributed by atoms with E-state index >= 15 is 0 Å². The Morgan fingerprint density at radius 3 is 2.40 bits per heavy atom. The maximum absolute atomic E-state index is 12.8. The Kier molecular flexibility index (Phi) is 4.76. The predicted molar refractivity (Wildman–Crippen MR) is 100 cm³/mol. The molecule has 5 nitrogen and oxygen atoms in total. The van der Waals surface area contributed by atoms with Crippen LogP contribution in [0.25, 0.3) is 0 Å². The third-order valence-electron chi connectivity index (χ3n) is 4.37. The van der Waals surface area contributed by atoms with Gasteiger partial charge in [0.05, 0.1) is 0 Å². The van der Waals surface area contributed by atoms with Crippen LogP contribution in [0.1, 0.15) is 17.2 Å². The molecule has 0 aromatic heterocycles. The molecule has 2 aliphatic rings. The molecule has 3 N–H and O–H groups in total. The summed E-state index contributed by atoms with van der Waals surface area (Å²) in [5.41, 5.74) is 9.62. The lowest BCUT2D eigenvalue weighted by molar-refractivity contribution is -0.126. The number of halogens is 1. The summed E-state index contributed by atoms with van der Waals surface area (Å²) in [6.07, 6.45) is 0. The summed E-state index contributed by atoms with van der Waals surface area (Å²) in [5, 5.41) is 2.96. The summed E-state index contributed by atoms with van der Waals surface area (Å²) in [4.78, 5) is 19.1. The third-order valence-corrected chi connectivity index (χ3v) is 4.37. The average molecular weight is 355 g/mol. The van der Waals surface area contributed by atoms with Gasteiger partial charge < -0.3 is 16.0 Å². The molecular formula is C19H19ClN4O. The SMILES string of the molecule is Cl.NC1=NC(c2ccccc2)C2=C(N1)C(=O)N(Cc1ccccc1)C2. The summed E-state index contributed by atoms with van der Waals surface area (Å²) in [7, 11) is 0. The Bertz CT molecular complexity index is 833. The quantitative estimate of drug-likeness (QED) is 0.889. The molecule has 0 saturated carbocycles. The summed E-state index contributed by atoms with van der Waals surface area (Å²) in [6.45, 7) is 1.14. The molecule has 0 aliphatic carbocycles. The number of carbonyl (C=O) groups excluding carboxylic acids is 1. The number of hydrogen-bond acceptors (Lipinski definition) is 4. The van der Waals surface area contributed by atoms with Crippen LogP contribution in [0.15, 0.2) is 76.9 Å². The number of rotatable bonds is 3. The van der Waals surface area contributed by atoms with Crippen LogP contribution in [-0.4, -0.2) is 23.3 Å². The third kappa shape index (κ3) is 3.23. The van der Waals surface area contributed by atoms with Crippen LogP contribution < -0.4 is 11.1 Å². The minimum absolute atomic E-state index is 0. The standard InChI is InChI=1S/C19H18N4O.ClH/c20-19-21-16(14-9-5-2-6-10-14)15-12-23(18(24)17(15)22-19)11-13-7-3-1-4-8-13;/h1-10,16H,11-12H2,(H3,20,21,22);1H. The van der Waals surface area contributed by atoms with Crippen LogP contribution in [0.2, 0.25) is 0 Å². The second-order valence-corrected chi connectivity index (χ2v) is 6.00. The number of aliphatic imine (C=N–C) groups is 1. The fraction of sp³-hybridized carbons (Fsp3) is 0.158. The van der Waals surface area contributed by atoms with Gasteiger partial charge in [-0.15, -0.1) is 12.4 Å². The molecule has 1 atom stereocenters. The summed E-state index contributed by atoms with van der Waals surface area (Å²) < 4.78 is 0.